The normalized spacial score (nSPS) is 28.4. The highest BCUT2D eigenvalue weighted by molar-refractivity contribution is 5.81. The number of fused-ring (bicyclic) bond motifs is 2. The summed E-state index contributed by atoms with van der Waals surface area (Å²) in [6.45, 7) is 15.5. The van der Waals surface area contributed by atoms with Gasteiger partial charge in [-0.15, -0.1) is 0 Å². The summed E-state index contributed by atoms with van der Waals surface area (Å²) in [5.41, 5.74) is 4.32. The number of rotatable bonds is 14. The second-order valence-corrected chi connectivity index (χ2v) is 23.1. The van der Waals surface area contributed by atoms with E-state index in [4.69, 9.17) is 24.2 Å². The third-order valence-electron chi connectivity index (χ3n) is 17.8. The standard InChI is InChI=1S/C30H42N2O3.C29H40N2O3/c1-20(2)21-8-11-27(12-9-21)35-28-13-14-29-23(16-28)7-10-26(31-29)19-32-17-25(18-32)22-5-4-6-24(15-22)30(33)34-3;1-19(2)20-7-10-26(11-8-20)34-27-12-13-28-22(15-27)6-9-25(30-28)18-31-16-24(17-31)21-4-3-5-23(14-21)29(32)33/h7,10,13-14,16,20-22,24-25,27H,4-6,8-9,11-12,15,17-19H2,1-3H3;6,9,12-13,15,19-21,23-24,26H,3-5,7-8,10-11,14,16-18H2,1-2H3,(H,32,33). The van der Waals surface area contributed by atoms with Crippen LogP contribution in [0.2, 0.25) is 0 Å². The fraction of sp³-hybridized carbons (Fsp3) is 0.661. The lowest BCUT2D eigenvalue weighted by Crippen LogP contribution is -2.50. The molecule has 1 N–H and O–H groups in total. The van der Waals surface area contributed by atoms with Crippen LogP contribution >= 0.6 is 0 Å². The van der Waals surface area contributed by atoms with Gasteiger partial charge < -0.3 is 19.3 Å². The molecule has 0 spiro atoms. The summed E-state index contributed by atoms with van der Waals surface area (Å²) in [6.07, 6.45) is 18.8. The Morgan fingerprint density at radius 3 is 1.42 bits per heavy atom. The minimum absolute atomic E-state index is 0.0155. The maximum Gasteiger partial charge on any atom is 0.308 e. The Morgan fingerprint density at radius 2 is 1.00 bits per heavy atom. The number of nitrogens with zero attached hydrogens (tertiary/aromatic N) is 4. The number of carbonyl (C=O) groups is 2. The van der Waals surface area contributed by atoms with E-state index in [-0.39, 0.29) is 17.8 Å². The van der Waals surface area contributed by atoms with Gasteiger partial charge in [-0.25, -0.2) is 0 Å². The van der Waals surface area contributed by atoms with E-state index in [1.807, 2.05) is 0 Å². The summed E-state index contributed by atoms with van der Waals surface area (Å²) in [7, 11) is 1.51. The summed E-state index contributed by atoms with van der Waals surface area (Å²) >= 11 is 0. The van der Waals surface area contributed by atoms with Crippen LogP contribution in [-0.4, -0.2) is 82.3 Å². The van der Waals surface area contributed by atoms with Crippen LogP contribution in [0.5, 0.6) is 11.5 Å². The summed E-state index contributed by atoms with van der Waals surface area (Å²) in [5, 5.41) is 11.7. The fourth-order valence-corrected chi connectivity index (χ4v) is 13.2. The first-order valence-corrected chi connectivity index (χ1v) is 27.3. The molecule has 10 nitrogen and oxygen atoms in total. The topological polar surface area (TPSA) is 114 Å². The maximum atomic E-state index is 12.0. The predicted molar refractivity (Wildman–Crippen MR) is 274 cm³/mol. The van der Waals surface area contributed by atoms with Gasteiger partial charge in [0, 0.05) is 50.0 Å². The largest absolute Gasteiger partial charge is 0.490 e. The summed E-state index contributed by atoms with van der Waals surface area (Å²) in [5.74, 6) is 7.17. The van der Waals surface area contributed by atoms with E-state index >= 15 is 0 Å². The molecule has 69 heavy (non-hydrogen) atoms. The van der Waals surface area contributed by atoms with Gasteiger partial charge in [0.2, 0.25) is 0 Å². The number of methoxy groups -OCH3 is 1. The first-order chi connectivity index (χ1) is 33.4. The molecule has 4 aromatic rings. The molecule has 4 saturated carbocycles. The monoisotopic (exact) mass is 943 g/mol. The highest BCUT2D eigenvalue weighted by atomic mass is 16.5. The number of likely N-dealkylation sites (tertiary alicyclic amines) is 2. The van der Waals surface area contributed by atoms with Crippen molar-refractivity contribution in [1.82, 2.24) is 19.8 Å². The number of aliphatic carboxylic acids is 1. The molecule has 374 valence electrons. The van der Waals surface area contributed by atoms with Crippen LogP contribution in [0.4, 0.5) is 0 Å². The molecular weight excluding hydrogens is 861 g/mol. The van der Waals surface area contributed by atoms with Crippen molar-refractivity contribution >= 4 is 33.7 Å². The number of benzene rings is 2. The second kappa shape index (κ2) is 22.9. The van der Waals surface area contributed by atoms with Crippen LogP contribution in [0, 0.1) is 59.2 Å². The average Bonchev–Trinajstić information content (AvgIpc) is 3.34. The number of esters is 1. The van der Waals surface area contributed by atoms with Crippen molar-refractivity contribution in [1.29, 1.82) is 0 Å². The molecule has 0 amide bonds. The fourth-order valence-electron chi connectivity index (χ4n) is 13.2. The number of hydrogen-bond donors (Lipinski definition) is 1. The number of carboxylic acid groups (broad SMARTS) is 1. The van der Waals surface area contributed by atoms with Crippen molar-refractivity contribution in [3.8, 4) is 11.5 Å². The first-order valence-electron chi connectivity index (χ1n) is 27.3. The van der Waals surface area contributed by atoms with Gasteiger partial charge in [-0.1, -0.05) is 65.5 Å². The molecule has 10 heteroatoms. The molecule has 4 aliphatic carbocycles. The van der Waals surface area contributed by atoms with E-state index in [9.17, 15) is 14.7 Å². The molecule has 4 heterocycles. The van der Waals surface area contributed by atoms with Crippen LogP contribution in [0.15, 0.2) is 60.7 Å². The van der Waals surface area contributed by atoms with Gasteiger partial charge in [-0.05, 0) is 173 Å². The lowest BCUT2D eigenvalue weighted by atomic mass is 9.72. The van der Waals surface area contributed by atoms with Crippen LogP contribution in [0.25, 0.3) is 21.8 Å². The molecule has 4 atom stereocenters. The molecule has 0 bridgehead atoms. The smallest absolute Gasteiger partial charge is 0.308 e. The second-order valence-electron chi connectivity index (χ2n) is 23.1. The van der Waals surface area contributed by atoms with Gasteiger partial charge in [0.05, 0.1) is 53.6 Å². The highest BCUT2D eigenvalue weighted by Crippen LogP contribution is 2.41. The lowest BCUT2D eigenvalue weighted by Gasteiger charge is -2.45. The highest BCUT2D eigenvalue weighted by Gasteiger charge is 2.39. The Hall–Kier alpha value is -4.28. The summed E-state index contributed by atoms with van der Waals surface area (Å²) in [4.78, 5) is 38.1. The average molecular weight is 943 g/mol. The number of carbonyl (C=O) groups excluding carboxylic acids is 1. The molecule has 10 rings (SSSR count). The van der Waals surface area contributed by atoms with E-state index in [1.54, 1.807) is 0 Å². The molecule has 2 saturated heterocycles. The Kier molecular flexibility index (Phi) is 16.5. The van der Waals surface area contributed by atoms with Crippen LogP contribution < -0.4 is 9.47 Å². The van der Waals surface area contributed by atoms with Gasteiger partial charge in [0.15, 0.2) is 0 Å². The van der Waals surface area contributed by atoms with E-state index in [0.29, 0.717) is 35.9 Å². The number of ether oxygens (including phenoxy) is 3. The van der Waals surface area contributed by atoms with E-state index in [0.717, 1.165) is 159 Å². The van der Waals surface area contributed by atoms with Crippen molar-refractivity contribution in [3.05, 3.63) is 72.1 Å². The Bertz CT molecular complexity index is 2320. The molecule has 4 unspecified atom stereocenters. The lowest BCUT2D eigenvalue weighted by molar-refractivity contribution is -0.148. The minimum Gasteiger partial charge on any atom is -0.490 e. The predicted octanol–water partition coefficient (Wildman–Crippen LogP) is 12.4. The van der Waals surface area contributed by atoms with Crippen LogP contribution in [-0.2, 0) is 27.4 Å². The minimum atomic E-state index is -0.603. The van der Waals surface area contributed by atoms with Crippen molar-refractivity contribution in [2.24, 2.45) is 59.2 Å². The number of pyridine rings is 2. The quantitative estimate of drug-likeness (QED) is 0.123. The zero-order valence-corrected chi connectivity index (χ0v) is 42.5. The van der Waals surface area contributed by atoms with Gasteiger partial charge >= 0.3 is 11.9 Å². The van der Waals surface area contributed by atoms with Gasteiger partial charge in [0.25, 0.3) is 0 Å². The van der Waals surface area contributed by atoms with Gasteiger partial charge in [-0.3, -0.25) is 29.4 Å². The van der Waals surface area contributed by atoms with Gasteiger partial charge in [0.1, 0.15) is 11.5 Å². The Balaban J connectivity index is 0.000000172. The third-order valence-corrected chi connectivity index (χ3v) is 17.8. The maximum absolute atomic E-state index is 12.0. The number of aromatic nitrogens is 2. The van der Waals surface area contributed by atoms with Gasteiger partial charge in [-0.2, -0.15) is 0 Å². The number of hydrogen-bond acceptors (Lipinski definition) is 9. The Morgan fingerprint density at radius 1 is 0.565 bits per heavy atom. The van der Waals surface area contributed by atoms with E-state index in [2.05, 4.69) is 98.2 Å². The zero-order valence-electron chi connectivity index (χ0n) is 42.5. The van der Waals surface area contributed by atoms with E-state index < -0.39 is 5.97 Å². The molecular formula is C59H82N4O6. The number of carboxylic acids is 1. The molecule has 0 radical (unpaired) electrons. The van der Waals surface area contributed by atoms with Crippen molar-refractivity contribution in [2.45, 2.75) is 156 Å². The van der Waals surface area contributed by atoms with E-state index in [1.165, 1.54) is 58.5 Å². The SMILES string of the molecule is CC(C)C1CCC(Oc2ccc3nc(CN4CC(C5CCCC(C(=O)O)C5)C4)ccc3c2)CC1.COC(=O)C1CCCC(C2CN(Cc3ccc4cc(OC5CCC(C(C)C)CC5)ccc4n3)C2)C1. The molecule has 6 fully saturated rings. The van der Waals surface area contributed by atoms with Crippen molar-refractivity contribution in [2.75, 3.05) is 33.3 Å². The molecule has 6 aliphatic rings. The zero-order chi connectivity index (χ0) is 48.0. The molecule has 2 aromatic heterocycles. The van der Waals surface area contributed by atoms with Crippen LogP contribution in [0.3, 0.4) is 0 Å². The molecule has 2 aliphatic heterocycles. The summed E-state index contributed by atoms with van der Waals surface area (Å²) < 4.78 is 17.7. The first kappa shape index (κ1) is 49.7. The Labute approximate surface area is 412 Å². The van der Waals surface area contributed by atoms with Crippen molar-refractivity contribution in [3.63, 3.8) is 0 Å². The third kappa shape index (κ3) is 12.8. The van der Waals surface area contributed by atoms with Crippen LogP contribution in [0.1, 0.15) is 142 Å². The van der Waals surface area contributed by atoms with Crippen molar-refractivity contribution < 1.29 is 28.9 Å². The molecule has 2 aromatic carbocycles. The summed E-state index contributed by atoms with van der Waals surface area (Å²) in [6, 6.07) is 21.4.